The summed E-state index contributed by atoms with van der Waals surface area (Å²) in [6, 6.07) is 2.07. The third-order valence-corrected chi connectivity index (χ3v) is 4.91. The summed E-state index contributed by atoms with van der Waals surface area (Å²) in [5.41, 5.74) is 8.70. The second kappa shape index (κ2) is 6.93. The van der Waals surface area contributed by atoms with Gasteiger partial charge in [0.25, 0.3) is 0 Å². The lowest BCUT2D eigenvalue weighted by Crippen LogP contribution is -2.46. The fraction of sp³-hybridized carbons (Fsp3) is 0.625. The lowest BCUT2D eigenvalue weighted by atomic mass is 10.0. The average Bonchev–Trinajstić information content (AvgIpc) is 3.28. The SMILES string of the molecule is Cc1nonc1CN1CCN(c2cc([C@H]3CCOC3)nc(N)n2)CC1. The fourth-order valence-corrected chi connectivity index (χ4v) is 3.35. The predicted octanol–water partition coefficient (Wildman–Crippen LogP) is 0.576. The van der Waals surface area contributed by atoms with Crippen LogP contribution in [0.25, 0.3) is 0 Å². The van der Waals surface area contributed by atoms with E-state index in [0.29, 0.717) is 11.9 Å². The van der Waals surface area contributed by atoms with Crippen LogP contribution in [0.1, 0.15) is 29.4 Å². The molecule has 0 radical (unpaired) electrons. The topological polar surface area (TPSA) is 106 Å². The second-order valence-electron chi connectivity index (χ2n) is 6.63. The smallest absolute Gasteiger partial charge is 0.222 e. The molecule has 1 atom stereocenters. The molecule has 0 spiro atoms. The van der Waals surface area contributed by atoms with E-state index in [-0.39, 0.29) is 0 Å². The summed E-state index contributed by atoms with van der Waals surface area (Å²) >= 11 is 0. The zero-order valence-corrected chi connectivity index (χ0v) is 14.4. The third-order valence-electron chi connectivity index (χ3n) is 4.91. The molecule has 2 fully saturated rings. The summed E-state index contributed by atoms with van der Waals surface area (Å²) in [7, 11) is 0. The number of piperazine rings is 1. The maximum absolute atomic E-state index is 5.94. The predicted molar refractivity (Wildman–Crippen MR) is 91.1 cm³/mol. The minimum atomic E-state index is 0.327. The van der Waals surface area contributed by atoms with E-state index in [1.165, 1.54) is 0 Å². The van der Waals surface area contributed by atoms with Gasteiger partial charge in [0, 0.05) is 51.3 Å². The Morgan fingerprint density at radius 2 is 2.04 bits per heavy atom. The highest BCUT2D eigenvalue weighted by Crippen LogP contribution is 2.27. The first-order chi connectivity index (χ1) is 12.2. The van der Waals surface area contributed by atoms with Crippen molar-refractivity contribution in [1.82, 2.24) is 25.2 Å². The normalized spacial score (nSPS) is 21.8. The van der Waals surface area contributed by atoms with Crippen LogP contribution in [0.4, 0.5) is 11.8 Å². The van der Waals surface area contributed by atoms with Crippen molar-refractivity contribution in [2.24, 2.45) is 0 Å². The molecule has 4 heterocycles. The van der Waals surface area contributed by atoms with E-state index in [1.54, 1.807) is 0 Å². The van der Waals surface area contributed by atoms with Gasteiger partial charge >= 0.3 is 0 Å². The highest BCUT2D eigenvalue weighted by atomic mass is 16.6. The maximum Gasteiger partial charge on any atom is 0.222 e. The molecule has 9 nitrogen and oxygen atoms in total. The number of hydrogen-bond acceptors (Lipinski definition) is 9. The van der Waals surface area contributed by atoms with E-state index < -0.39 is 0 Å². The zero-order valence-electron chi connectivity index (χ0n) is 14.4. The summed E-state index contributed by atoms with van der Waals surface area (Å²) in [5, 5.41) is 7.80. The van der Waals surface area contributed by atoms with Gasteiger partial charge in [-0.25, -0.2) is 9.61 Å². The standard InChI is InChI=1S/C16H23N7O2/c1-11-14(21-25-20-11)9-22-3-5-23(6-4-22)15-8-13(18-16(17)19-15)12-2-7-24-10-12/h8,12H,2-7,9-10H2,1H3,(H2,17,18,19)/t12-/m0/s1. The first-order valence-corrected chi connectivity index (χ1v) is 8.66. The Labute approximate surface area is 146 Å². The summed E-state index contributed by atoms with van der Waals surface area (Å²) in [5.74, 6) is 1.58. The van der Waals surface area contributed by atoms with Crippen molar-refractivity contribution in [3.05, 3.63) is 23.1 Å². The number of nitrogens with two attached hydrogens (primary N) is 1. The largest absolute Gasteiger partial charge is 0.381 e. The van der Waals surface area contributed by atoms with Gasteiger partial charge in [-0.05, 0) is 13.3 Å². The molecule has 9 heteroatoms. The molecular weight excluding hydrogens is 322 g/mol. The van der Waals surface area contributed by atoms with Gasteiger partial charge in [-0.1, -0.05) is 10.3 Å². The van der Waals surface area contributed by atoms with Gasteiger partial charge in [0.15, 0.2) is 0 Å². The summed E-state index contributed by atoms with van der Waals surface area (Å²) in [6.07, 6.45) is 0.995. The van der Waals surface area contributed by atoms with E-state index in [2.05, 4.69) is 36.1 Å². The van der Waals surface area contributed by atoms with Gasteiger partial charge in [-0.3, -0.25) is 4.90 Å². The first-order valence-electron chi connectivity index (χ1n) is 8.66. The highest BCUT2D eigenvalue weighted by Gasteiger charge is 2.24. The number of aryl methyl sites for hydroxylation is 1. The van der Waals surface area contributed by atoms with Crippen molar-refractivity contribution in [2.45, 2.75) is 25.8 Å². The number of aromatic nitrogens is 4. The summed E-state index contributed by atoms with van der Waals surface area (Å²) < 4.78 is 10.2. The maximum atomic E-state index is 5.94. The van der Waals surface area contributed by atoms with Crippen molar-refractivity contribution in [3.8, 4) is 0 Å². The third kappa shape index (κ3) is 3.57. The molecule has 2 aliphatic heterocycles. The number of ether oxygens (including phenoxy) is 1. The molecule has 0 bridgehead atoms. The van der Waals surface area contributed by atoms with Crippen LogP contribution in [-0.2, 0) is 11.3 Å². The molecule has 0 unspecified atom stereocenters. The van der Waals surface area contributed by atoms with E-state index in [1.807, 2.05) is 6.92 Å². The molecule has 2 aliphatic rings. The van der Waals surface area contributed by atoms with Crippen LogP contribution in [0.5, 0.6) is 0 Å². The average molecular weight is 345 g/mol. The first kappa shape index (κ1) is 16.2. The van der Waals surface area contributed by atoms with Crippen molar-refractivity contribution >= 4 is 11.8 Å². The molecule has 2 N–H and O–H groups in total. The Kier molecular flexibility index (Phi) is 4.50. The molecular formula is C16H23N7O2. The van der Waals surface area contributed by atoms with Gasteiger partial charge in [0.1, 0.15) is 17.2 Å². The molecule has 2 aromatic rings. The zero-order chi connectivity index (χ0) is 17.2. The molecule has 134 valence electrons. The van der Waals surface area contributed by atoms with Gasteiger partial charge < -0.3 is 15.4 Å². The lowest BCUT2D eigenvalue weighted by molar-refractivity contribution is 0.193. The summed E-state index contributed by atoms with van der Waals surface area (Å²) in [6.45, 7) is 7.83. The number of hydrogen-bond donors (Lipinski definition) is 1. The number of nitrogens with zero attached hydrogens (tertiary/aromatic N) is 6. The molecule has 25 heavy (non-hydrogen) atoms. The van der Waals surface area contributed by atoms with Gasteiger partial charge in [0.05, 0.1) is 12.3 Å². The minimum Gasteiger partial charge on any atom is -0.381 e. The van der Waals surface area contributed by atoms with Crippen LogP contribution in [0.3, 0.4) is 0 Å². The Balaban J connectivity index is 1.41. The monoisotopic (exact) mass is 345 g/mol. The van der Waals surface area contributed by atoms with Crippen LogP contribution in [0.2, 0.25) is 0 Å². The van der Waals surface area contributed by atoms with Crippen LogP contribution in [-0.4, -0.2) is 64.6 Å². The lowest BCUT2D eigenvalue weighted by Gasteiger charge is -2.35. The highest BCUT2D eigenvalue weighted by molar-refractivity contribution is 5.45. The van der Waals surface area contributed by atoms with Crippen LogP contribution in [0, 0.1) is 6.92 Å². The fourth-order valence-electron chi connectivity index (χ4n) is 3.35. The van der Waals surface area contributed by atoms with Crippen LogP contribution in [0.15, 0.2) is 10.7 Å². The van der Waals surface area contributed by atoms with E-state index >= 15 is 0 Å². The van der Waals surface area contributed by atoms with Gasteiger partial charge in [0.2, 0.25) is 5.95 Å². The van der Waals surface area contributed by atoms with Crippen molar-refractivity contribution < 1.29 is 9.37 Å². The quantitative estimate of drug-likeness (QED) is 0.851. The molecule has 2 aromatic heterocycles. The summed E-state index contributed by atoms with van der Waals surface area (Å²) in [4.78, 5) is 13.5. The molecule has 2 saturated heterocycles. The Morgan fingerprint density at radius 3 is 2.72 bits per heavy atom. The number of rotatable bonds is 4. The van der Waals surface area contributed by atoms with Crippen molar-refractivity contribution in [1.29, 1.82) is 0 Å². The Hall–Kier alpha value is -2.26. The molecule has 0 saturated carbocycles. The molecule has 0 aliphatic carbocycles. The second-order valence-corrected chi connectivity index (χ2v) is 6.63. The molecule has 0 aromatic carbocycles. The van der Waals surface area contributed by atoms with Crippen LogP contribution >= 0.6 is 0 Å². The number of anilines is 2. The Morgan fingerprint density at radius 1 is 1.20 bits per heavy atom. The van der Waals surface area contributed by atoms with Gasteiger partial charge in [-0.2, -0.15) is 4.98 Å². The number of nitrogen functional groups attached to an aromatic ring is 1. The Bertz CT molecular complexity index is 721. The van der Waals surface area contributed by atoms with Crippen molar-refractivity contribution in [3.63, 3.8) is 0 Å². The molecule has 0 amide bonds. The van der Waals surface area contributed by atoms with Gasteiger partial charge in [-0.15, -0.1) is 0 Å². The van der Waals surface area contributed by atoms with E-state index in [4.69, 9.17) is 15.1 Å². The molecule has 4 rings (SSSR count). The van der Waals surface area contributed by atoms with Crippen molar-refractivity contribution in [2.75, 3.05) is 50.0 Å². The minimum absolute atomic E-state index is 0.327. The van der Waals surface area contributed by atoms with Crippen LogP contribution < -0.4 is 10.6 Å². The van der Waals surface area contributed by atoms with E-state index in [9.17, 15) is 0 Å². The van der Waals surface area contributed by atoms with E-state index in [0.717, 1.165) is 75.3 Å².